The Bertz CT molecular complexity index is 757. The summed E-state index contributed by atoms with van der Waals surface area (Å²) in [7, 11) is 0. The zero-order chi connectivity index (χ0) is 14.3. The van der Waals surface area contributed by atoms with Crippen LogP contribution in [0.1, 0.15) is 0 Å². The molecule has 0 unspecified atom stereocenters. The highest BCUT2D eigenvalue weighted by Crippen LogP contribution is 2.27. The van der Waals surface area contributed by atoms with E-state index in [-0.39, 0.29) is 5.82 Å². The third-order valence-corrected chi connectivity index (χ3v) is 2.77. The molecule has 104 valence electrons. The van der Waals surface area contributed by atoms with E-state index in [0.717, 1.165) is 4.68 Å². The number of alkyl halides is 3. The van der Waals surface area contributed by atoms with Gasteiger partial charge in [-0.25, -0.2) is 0 Å². The molecule has 3 N–H and O–H groups in total. The van der Waals surface area contributed by atoms with Crippen LogP contribution in [-0.2, 0) is 6.54 Å². The first-order valence-corrected chi connectivity index (χ1v) is 5.62. The summed E-state index contributed by atoms with van der Waals surface area (Å²) >= 11 is 0. The highest BCUT2D eigenvalue weighted by Gasteiger charge is 2.28. The van der Waals surface area contributed by atoms with E-state index in [4.69, 9.17) is 5.73 Å². The molecule has 3 heterocycles. The minimum atomic E-state index is -4.31. The Morgan fingerprint density at radius 1 is 1.30 bits per heavy atom. The van der Waals surface area contributed by atoms with E-state index in [0.29, 0.717) is 22.2 Å². The molecule has 0 saturated carbocycles. The molecule has 0 bridgehead atoms. The number of pyridine rings is 1. The minimum Gasteiger partial charge on any atom is -0.382 e. The summed E-state index contributed by atoms with van der Waals surface area (Å²) < 4.78 is 37.7. The van der Waals surface area contributed by atoms with Gasteiger partial charge in [-0.3, -0.25) is 14.8 Å². The molecule has 0 spiro atoms. The number of halogens is 3. The number of anilines is 1. The lowest BCUT2D eigenvalue weighted by Gasteiger charge is -2.05. The molecule has 0 saturated heterocycles. The molecule has 0 aromatic carbocycles. The van der Waals surface area contributed by atoms with Gasteiger partial charge in [-0.05, 0) is 6.07 Å². The molecule has 20 heavy (non-hydrogen) atoms. The first-order chi connectivity index (χ1) is 9.44. The van der Waals surface area contributed by atoms with Crippen molar-refractivity contribution in [3.8, 4) is 11.3 Å². The summed E-state index contributed by atoms with van der Waals surface area (Å²) in [4.78, 5) is 3.99. The topological polar surface area (TPSA) is 85.4 Å². The second-order valence-electron chi connectivity index (χ2n) is 4.23. The van der Waals surface area contributed by atoms with Crippen molar-refractivity contribution in [3.63, 3.8) is 0 Å². The molecule has 0 aliphatic heterocycles. The van der Waals surface area contributed by atoms with Crippen LogP contribution in [0.3, 0.4) is 0 Å². The molecule has 9 heteroatoms. The molecule has 0 atom stereocenters. The minimum absolute atomic E-state index is 0.282. The summed E-state index contributed by atoms with van der Waals surface area (Å²) in [5.74, 6) is 0.282. The van der Waals surface area contributed by atoms with Crippen molar-refractivity contribution < 1.29 is 13.2 Å². The number of nitrogen functional groups attached to an aromatic ring is 1. The maximum absolute atomic E-state index is 12.3. The van der Waals surface area contributed by atoms with Crippen molar-refractivity contribution in [2.45, 2.75) is 12.7 Å². The van der Waals surface area contributed by atoms with Crippen molar-refractivity contribution in [3.05, 3.63) is 24.7 Å². The van der Waals surface area contributed by atoms with Crippen LogP contribution in [0.5, 0.6) is 0 Å². The zero-order valence-corrected chi connectivity index (χ0v) is 10.0. The van der Waals surface area contributed by atoms with Gasteiger partial charge in [0.05, 0.1) is 16.6 Å². The Morgan fingerprint density at radius 3 is 2.85 bits per heavy atom. The maximum atomic E-state index is 12.3. The zero-order valence-electron chi connectivity index (χ0n) is 10.0. The van der Waals surface area contributed by atoms with Crippen LogP contribution in [0.4, 0.5) is 19.0 Å². The van der Waals surface area contributed by atoms with E-state index < -0.39 is 12.7 Å². The predicted molar refractivity (Wildman–Crippen MR) is 65.6 cm³/mol. The van der Waals surface area contributed by atoms with Gasteiger partial charge < -0.3 is 5.73 Å². The average molecular weight is 282 g/mol. The lowest BCUT2D eigenvalue weighted by molar-refractivity contribution is -0.142. The highest BCUT2D eigenvalue weighted by molar-refractivity contribution is 5.97. The molecular formula is C11H9F3N6. The Morgan fingerprint density at radius 2 is 2.10 bits per heavy atom. The predicted octanol–water partition coefficient (Wildman–Crippen LogP) is 1.97. The number of rotatable bonds is 2. The van der Waals surface area contributed by atoms with Crippen LogP contribution in [0.15, 0.2) is 24.7 Å². The summed E-state index contributed by atoms with van der Waals surface area (Å²) in [6, 6.07) is 1.49. The number of nitrogens with two attached hydrogens (primary N) is 1. The van der Waals surface area contributed by atoms with Gasteiger partial charge in [-0.15, -0.1) is 0 Å². The maximum Gasteiger partial charge on any atom is 0.408 e. The van der Waals surface area contributed by atoms with Gasteiger partial charge in [0.2, 0.25) is 0 Å². The Kier molecular flexibility index (Phi) is 2.63. The number of H-pyrrole nitrogens is 1. The van der Waals surface area contributed by atoms with Crippen molar-refractivity contribution in [2.75, 3.05) is 5.73 Å². The number of nitrogens with one attached hydrogen (secondary N) is 1. The van der Waals surface area contributed by atoms with Crippen LogP contribution in [0.25, 0.3) is 22.2 Å². The number of aromatic amines is 1. The third kappa shape index (κ3) is 2.17. The molecule has 0 aliphatic carbocycles. The second-order valence-corrected chi connectivity index (χ2v) is 4.23. The fourth-order valence-corrected chi connectivity index (χ4v) is 1.92. The smallest absolute Gasteiger partial charge is 0.382 e. The fourth-order valence-electron chi connectivity index (χ4n) is 1.92. The van der Waals surface area contributed by atoms with Gasteiger partial charge in [0, 0.05) is 24.2 Å². The first kappa shape index (κ1) is 12.5. The molecule has 3 aromatic rings. The second kappa shape index (κ2) is 4.22. The van der Waals surface area contributed by atoms with Gasteiger partial charge in [0.1, 0.15) is 6.54 Å². The molecule has 0 aliphatic rings. The molecule has 6 nitrogen and oxygen atoms in total. The van der Waals surface area contributed by atoms with E-state index >= 15 is 0 Å². The summed E-state index contributed by atoms with van der Waals surface area (Å²) in [6.07, 6.45) is -0.0159. The standard InChI is InChI=1S/C11H9F3N6/c12-11(13,14)5-20-2-1-8(19-20)6-3-16-4-7-9(6)17-18-10(7)15/h1-4H,5H2,(H3,15,17,18). The molecule has 3 rings (SSSR count). The lowest BCUT2D eigenvalue weighted by atomic mass is 10.1. The van der Waals surface area contributed by atoms with Gasteiger partial charge in [-0.2, -0.15) is 23.4 Å². The van der Waals surface area contributed by atoms with Crippen LogP contribution in [0.2, 0.25) is 0 Å². The van der Waals surface area contributed by atoms with E-state index in [1.54, 1.807) is 0 Å². The van der Waals surface area contributed by atoms with Crippen molar-refractivity contribution in [2.24, 2.45) is 0 Å². The van der Waals surface area contributed by atoms with E-state index in [9.17, 15) is 13.2 Å². The normalized spacial score (nSPS) is 12.2. The average Bonchev–Trinajstić information content (AvgIpc) is 2.95. The Hall–Kier alpha value is -2.58. The molecular weight excluding hydrogens is 273 g/mol. The molecule has 0 amide bonds. The van der Waals surface area contributed by atoms with Crippen LogP contribution in [-0.4, -0.2) is 31.1 Å². The van der Waals surface area contributed by atoms with Crippen LogP contribution in [0, 0.1) is 0 Å². The Labute approximate surface area is 110 Å². The lowest BCUT2D eigenvalue weighted by Crippen LogP contribution is -2.17. The van der Waals surface area contributed by atoms with Crippen molar-refractivity contribution in [1.29, 1.82) is 0 Å². The van der Waals surface area contributed by atoms with Crippen molar-refractivity contribution >= 4 is 16.7 Å². The summed E-state index contributed by atoms with van der Waals surface area (Å²) in [5, 5.41) is 11.1. The monoisotopic (exact) mass is 282 g/mol. The first-order valence-electron chi connectivity index (χ1n) is 5.62. The van der Waals surface area contributed by atoms with Gasteiger partial charge in [-0.1, -0.05) is 0 Å². The SMILES string of the molecule is Nc1n[nH]c2c(-c3ccn(CC(F)(F)F)n3)cncc12. The fraction of sp³-hybridized carbons (Fsp3) is 0.182. The molecule has 0 radical (unpaired) electrons. The number of aromatic nitrogens is 5. The number of fused-ring (bicyclic) bond motifs is 1. The number of hydrogen-bond acceptors (Lipinski definition) is 4. The molecule has 3 aromatic heterocycles. The number of nitrogens with zero attached hydrogens (tertiary/aromatic N) is 4. The van der Waals surface area contributed by atoms with E-state index in [1.165, 1.54) is 24.7 Å². The highest BCUT2D eigenvalue weighted by atomic mass is 19.4. The van der Waals surface area contributed by atoms with Gasteiger partial charge in [0.25, 0.3) is 0 Å². The third-order valence-electron chi connectivity index (χ3n) is 2.77. The Balaban J connectivity index is 2.03. The van der Waals surface area contributed by atoms with Crippen LogP contribution >= 0.6 is 0 Å². The van der Waals surface area contributed by atoms with Crippen LogP contribution < -0.4 is 5.73 Å². The van der Waals surface area contributed by atoms with Crippen molar-refractivity contribution in [1.82, 2.24) is 25.0 Å². The summed E-state index contributed by atoms with van der Waals surface area (Å²) in [6.45, 7) is -1.14. The molecule has 0 fully saturated rings. The van der Waals surface area contributed by atoms with Gasteiger partial charge >= 0.3 is 6.18 Å². The van der Waals surface area contributed by atoms with E-state index in [1.807, 2.05) is 0 Å². The van der Waals surface area contributed by atoms with E-state index in [2.05, 4.69) is 20.3 Å². The summed E-state index contributed by atoms with van der Waals surface area (Å²) in [5.41, 5.74) is 7.17. The quantitative estimate of drug-likeness (QED) is 0.752. The largest absolute Gasteiger partial charge is 0.408 e. The number of hydrogen-bond donors (Lipinski definition) is 2. The van der Waals surface area contributed by atoms with Gasteiger partial charge in [0.15, 0.2) is 5.82 Å².